The van der Waals surface area contributed by atoms with Crippen LogP contribution in [0.25, 0.3) is 0 Å². The fraction of sp³-hybridized carbons (Fsp3) is 0.923. The molecule has 0 rings (SSSR count). The number of hydrogen-bond donors (Lipinski definition) is 1. The lowest BCUT2D eigenvalue weighted by molar-refractivity contribution is -0.130. The molecule has 0 radical (unpaired) electrons. The Morgan fingerprint density at radius 2 is 1.94 bits per heavy atom. The van der Waals surface area contributed by atoms with Crippen molar-refractivity contribution in [3.63, 3.8) is 0 Å². The topological polar surface area (TPSA) is 46.3 Å². The van der Waals surface area contributed by atoms with Crippen LogP contribution in [-0.2, 0) is 4.79 Å². The molecule has 0 aliphatic carbocycles. The lowest BCUT2D eigenvalue weighted by Gasteiger charge is -2.21. The van der Waals surface area contributed by atoms with E-state index >= 15 is 0 Å². The third-order valence-electron chi connectivity index (χ3n) is 2.98. The number of carbonyl (C=O) groups excluding carboxylic acids is 1. The van der Waals surface area contributed by atoms with Crippen LogP contribution < -0.4 is 5.73 Å². The van der Waals surface area contributed by atoms with Gasteiger partial charge in [0, 0.05) is 20.0 Å². The molecule has 0 aromatic rings. The van der Waals surface area contributed by atoms with E-state index in [1.165, 1.54) is 0 Å². The van der Waals surface area contributed by atoms with Gasteiger partial charge in [-0.3, -0.25) is 4.79 Å². The number of hydrogen-bond acceptors (Lipinski definition) is 2. The first-order valence-electron chi connectivity index (χ1n) is 6.45. The smallest absolute Gasteiger partial charge is 0.222 e. The molecular weight excluding hydrogens is 200 g/mol. The molecule has 1 amide bonds. The van der Waals surface area contributed by atoms with Crippen molar-refractivity contribution < 1.29 is 4.79 Å². The van der Waals surface area contributed by atoms with Gasteiger partial charge in [0.2, 0.25) is 5.91 Å². The van der Waals surface area contributed by atoms with Crippen molar-refractivity contribution in [2.75, 3.05) is 20.1 Å². The van der Waals surface area contributed by atoms with Gasteiger partial charge < -0.3 is 10.6 Å². The van der Waals surface area contributed by atoms with Crippen LogP contribution in [0, 0.1) is 11.8 Å². The molecule has 0 saturated heterocycles. The Morgan fingerprint density at radius 1 is 1.31 bits per heavy atom. The fourth-order valence-electron chi connectivity index (χ4n) is 1.96. The summed E-state index contributed by atoms with van der Waals surface area (Å²) in [4.78, 5) is 13.6. The highest BCUT2D eigenvalue weighted by Gasteiger charge is 2.13. The van der Waals surface area contributed by atoms with Gasteiger partial charge in [-0.15, -0.1) is 0 Å². The van der Waals surface area contributed by atoms with Crippen LogP contribution in [0.5, 0.6) is 0 Å². The maximum absolute atomic E-state index is 11.8. The van der Waals surface area contributed by atoms with Gasteiger partial charge in [-0.1, -0.05) is 27.2 Å². The van der Waals surface area contributed by atoms with Crippen molar-refractivity contribution in [1.82, 2.24) is 4.90 Å². The van der Waals surface area contributed by atoms with Crippen LogP contribution in [0.4, 0.5) is 0 Å². The standard InChI is InChI=1S/C13H28N2O/c1-5-12(8-9-14)6-7-13(16)15(4)10-11(2)3/h11-12H,5-10,14H2,1-4H3. The van der Waals surface area contributed by atoms with Gasteiger partial charge in [0.05, 0.1) is 0 Å². The third kappa shape index (κ3) is 6.83. The van der Waals surface area contributed by atoms with Crippen LogP contribution in [0.1, 0.15) is 46.5 Å². The molecule has 0 aromatic carbocycles. The molecule has 0 saturated carbocycles. The number of amides is 1. The first-order valence-corrected chi connectivity index (χ1v) is 6.45. The van der Waals surface area contributed by atoms with E-state index in [1.54, 1.807) is 0 Å². The highest BCUT2D eigenvalue weighted by molar-refractivity contribution is 5.75. The van der Waals surface area contributed by atoms with Crippen LogP contribution >= 0.6 is 0 Å². The normalized spacial score (nSPS) is 12.9. The average Bonchev–Trinajstić information content (AvgIpc) is 2.22. The molecule has 1 atom stereocenters. The minimum absolute atomic E-state index is 0.268. The van der Waals surface area contributed by atoms with Crippen molar-refractivity contribution >= 4 is 5.91 Å². The van der Waals surface area contributed by atoms with Crippen LogP contribution in [0.15, 0.2) is 0 Å². The Kier molecular flexibility index (Phi) is 8.26. The van der Waals surface area contributed by atoms with Crippen molar-refractivity contribution in [1.29, 1.82) is 0 Å². The number of carbonyl (C=O) groups is 1. The van der Waals surface area contributed by atoms with Crippen LogP contribution in [-0.4, -0.2) is 30.9 Å². The summed E-state index contributed by atoms with van der Waals surface area (Å²) >= 11 is 0. The lowest BCUT2D eigenvalue weighted by atomic mass is 9.96. The molecule has 16 heavy (non-hydrogen) atoms. The Bertz CT molecular complexity index is 192. The van der Waals surface area contributed by atoms with E-state index in [4.69, 9.17) is 5.73 Å². The monoisotopic (exact) mass is 228 g/mol. The van der Waals surface area contributed by atoms with E-state index in [2.05, 4.69) is 20.8 Å². The Labute approximate surface area is 100 Å². The van der Waals surface area contributed by atoms with E-state index < -0.39 is 0 Å². The van der Waals surface area contributed by atoms with Crippen molar-refractivity contribution in [3.05, 3.63) is 0 Å². The molecule has 0 aliphatic rings. The second kappa shape index (κ2) is 8.57. The van der Waals surface area contributed by atoms with E-state index in [9.17, 15) is 4.79 Å². The summed E-state index contributed by atoms with van der Waals surface area (Å²) in [7, 11) is 1.90. The Morgan fingerprint density at radius 3 is 2.38 bits per heavy atom. The van der Waals surface area contributed by atoms with Crippen molar-refractivity contribution in [2.45, 2.75) is 46.5 Å². The molecule has 0 aliphatic heterocycles. The number of nitrogens with two attached hydrogens (primary N) is 1. The zero-order valence-corrected chi connectivity index (χ0v) is 11.3. The number of rotatable bonds is 8. The van der Waals surface area contributed by atoms with Crippen molar-refractivity contribution in [2.24, 2.45) is 17.6 Å². The molecule has 2 N–H and O–H groups in total. The molecule has 0 spiro atoms. The maximum Gasteiger partial charge on any atom is 0.222 e. The highest BCUT2D eigenvalue weighted by Crippen LogP contribution is 2.15. The zero-order chi connectivity index (χ0) is 12.6. The minimum atomic E-state index is 0.268. The van der Waals surface area contributed by atoms with E-state index in [1.807, 2.05) is 11.9 Å². The molecule has 0 heterocycles. The van der Waals surface area contributed by atoms with Crippen molar-refractivity contribution in [3.8, 4) is 0 Å². The summed E-state index contributed by atoms with van der Waals surface area (Å²) in [6.45, 7) is 8.02. The summed E-state index contributed by atoms with van der Waals surface area (Å²) in [5.74, 6) is 1.42. The summed E-state index contributed by atoms with van der Waals surface area (Å²) in [6, 6.07) is 0. The Hall–Kier alpha value is -0.570. The molecule has 96 valence electrons. The predicted octanol–water partition coefficient (Wildman–Crippen LogP) is 2.26. The summed E-state index contributed by atoms with van der Waals surface area (Å²) in [5.41, 5.74) is 5.54. The van der Waals surface area contributed by atoms with Gasteiger partial charge in [-0.05, 0) is 31.2 Å². The van der Waals surface area contributed by atoms with Crippen LogP contribution in [0.2, 0.25) is 0 Å². The van der Waals surface area contributed by atoms with E-state index in [-0.39, 0.29) is 5.91 Å². The van der Waals surface area contributed by atoms with E-state index in [0.717, 1.165) is 32.4 Å². The van der Waals surface area contributed by atoms with Gasteiger partial charge >= 0.3 is 0 Å². The molecular formula is C13H28N2O. The van der Waals surface area contributed by atoms with Gasteiger partial charge in [0.25, 0.3) is 0 Å². The van der Waals surface area contributed by atoms with E-state index in [0.29, 0.717) is 18.3 Å². The largest absolute Gasteiger partial charge is 0.346 e. The zero-order valence-electron chi connectivity index (χ0n) is 11.3. The second-order valence-corrected chi connectivity index (χ2v) is 5.06. The first-order chi connectivity index (χ1) is 7.51. The molecule has 3 heteroatoms. The molecule has 1 unspecified atom stereocenters. The Balaban J connectivity index is 3.86. The maximum atomic E-state index is 11.8. The van der Waals surface area contributed by atoms with Gasteiger partial charge in [-0.25, -0.2) is 0 Å². The SMILES string of the molecule is CCC(CCN)CCC(=O)N(C)CC(C)C. The minimum Gasteiger partial charge on any atom is -0.346 e. The first kappa shape index (κ1) is 15.4. The molecule has 3 nitrogen and oxygen atoms in total. The molecule has 0 fully saturated rings. The average molecular weight is 228 g/mol. The summed E-state index contributed by atoms with van der Waals surface area (Å²) in [6.07, 6.45) is 3.81. The molecule has 0 aromatic heterocycles. The van der Waals surface area contributed by atoms with Gasteiger partial charge in [0.1, 0.15) is 0 Å². The number of nitrogens with zero attached hydrogens (tertiary/aromatic N) is 1. The van der Waals surface area contributed by atoms with Gasteiger partial charge in [0.15, 0.2) is 0 Å². The highest BCUT2D eigenvalue weighted by atomic mass is 16.2. The summed E-state index contributed by atoms with van der Waals surface area (Å²) < 4.78 is 0. The van der Waals surface area contributed by atoms with Crippen LogP contribution in [0.3, 0.4) is 0 Å². The fourth-order valence-corrected chi connectivity index (χ4v) is 1.96. The predicted molar refractivity (Wildman–Crippen MR) is 69.2 cm³/mol. The lowest BCUT2D eigenvalue weighted by Crippen LogP contribution is -2.30. The van der Waals surface area contributed by atoms with Gasteiger partial charge in [-0.2, -0.15) is 0 Å². The summed E-state index contributed by atoms with van der Waals surface area (Å²) in [5, 5.41) is 0. The molecule has 0 bridgehead atoms. The quantitative estimate of drug-likeness (QED) is 0.692. The second-order valence-electron chi connectivity index (χ2n) is 5.06. The third-order valence-corrected chi connectivity index (χ3v) is 2.98.